The lowest BCUT2D eigenvalue weighted by atomic mass is 9.67. The molecule has 12 N–H and O–H groups in total. The van der Waals surface area contributed by atoms with Crippen LogP contribution in [-0.2, 0) is 33.5 Å². The van der Waals surface area contributed by atoms with Crippen LogP contribution in [0.1, 0.15) is 181 Å². The van der Waals surface area contributed by atoms with Gasteiger partial charge in [-0.05, 0) is 12.8 Å². The van der Waals surface area contributed by atoms with E-state index in [1.165, 1.54) is 0 Å². The Hall–Kier alpha value is -2.50. The Labute approximate surface area is 408 Å². The van der Waals surface area contributed by atoms with Gasteiger partial charge in [0, 0.05) is 0 Å². The summed E-state index contributed by atoms with van der Waals surface area (Å²) in [4.78, 5) is 88.0. The number of aliphatic hydroxyl groups is 12. The minimum atomic E-state index is -4.07. The molecule has 0 saturated carbocycles. The molecule has 0 aromatic carbocycles. The van der Waals surface area contributed by atoms with Gasteiger partial charge in [-0.15, -0.1) is 0 Å². The molecule has 0 radical (unpaired) electrons. The molecule has 404 valence electrons. The Morgan fingerprint density at radius 1 is 0.319 bits per heavy atom. The smallest absolute Gasteiger partial charge is 0.203 e. The van der Waals surface area contributed by atoms with Crippen molar-refractivity contribution in [3.8, 4) is 0 Å². The molecule has 8 unspecified atom stereocenters. The molecule has 0 aromatic rings. The molecule has 19 nitrogen and oxygen atoms in total. The van der Waals surface area contributed by atoms with Crippen molar-refractivity contribution in [3.63, 3.8) is 0 Å². The van der Waals surface area contributed by atoms with Gasteiger partial charge in [-0.3, -0.25) is 28.8 Å². The van der Waals surface area contributed by atoms with E-state index in [9.17, 15) is 90.0 Å². The van der Waals surface area contributed by atoms with Crippen LogP contribution < -0.4 is 0 Å². The number of hydrogen-bond donors (Lipinski definition) is 12. The molecule has 0 rings (SSSR count). The average molecular weight is 995 g/mol. The molecular weight excluding hydrogens is 905 g/mol. The van der Waals surface area contributed by atoms with E-state index >= 15 is 0 Å². The molecule has 0 aliphatic rings. The number of ketones is 6. The van der Waals surface area contributed by atoms with Crippen molar-refractivity contribution >= 4 is 34.7 Å². The van der Waals surface area contributed by atoms with Crippen LogP contribution in [0.3, 0.4) is 0 Å². The van der Waals surface area contributed by atoms with Crippen LogP contribution in [-0.4, -0.2) is 183 Å². The maximum atomic E-state index is 14.8. The molecule has 0 heterocycles. The maximum Gasteiger partial charge on any atom is 0.203 e. The minimum Gasteiger partial charge on any atom is -0.393 e. The first-order valence-electron chi connectivity index (χ1n) is 25.6. The van der Waals surface area contributed by atoms with E-state index in [1.54, 1.807) is 0 Å². The maximum absolute atomic E-state index is 14.8. The highest BCUT2D eigenvalue weighted by Crippen LogP contribution is 2.44. The number of ether oxygens (including phenoxy) is 1. The second-order valence-electron chi connectivity index (χ2n) is 18.5. The van der Waals surface area contributed by atoms with Crippen molar-refractivity contribution < 1.29 is 94.8 Å². The first-order chi connectivity index (χ1) is 33.0. The molecule has 0 bridgehead atoms. The topological polar surface area (TPSA) is 354 Å². The standard InChI is InChI=1S/C50H90O19/c1-3-5-7-9-11-13-15-17-19-21-23-25-27-35(43(63)37(57)29-51)49(45(65)39(59)31-53,46(66)40(60)32-54)69-50(47(67)41(61)33-55,48(68)42(62)34-56)36(44(64)38(58)30-52)28-26-24-22-20-18-16-14-12-10-8-6-4-2/h35-42,51-62H,3-34H2,1-2H3. The van der Waals surface area contributed by atoms with Crippen LogP contribution in [0.15, 0.2) is 0 Å². The fourth-order valence-electron chi connectivity index (χ4n) is 8.96. The number of aliphatic hydroxyl groups excluding tert-OH is 12. The second kappa shape index (κ2) is 38.2. The van der Waals surface area contributed by atoms with E-state index in [2.05, 4.69) is 13.8 Å². The van der Waals surface area contributed by atoms with E-state index in [0.29, 0.717) is 25.7 Å². The van der Waals surface area contributed by atoms with Crippen LogP contribution in [0.25, 0.3) is 0 Å². The van der Waals surface area contributed by atoms with Crippen LogP contribution in [0.5, 0.6) is 0 Å². The third kappa shape index (κ3) is 21.2. The van der Waals surface area contributed by atoms with Gasteiger partial charge in [0.15, 0.2) is 11.6 Å². The molecule has 8 atom stereocenters. The lowest BCUT2D eigenvalue weighted by molar-refractivity contribution is -0.222. The molecule has 0 spiro atoms. The quantitative estimate of drug-likeness (QED) is 0.0303. The van der Waals surface area contributed by atoms with E-state index in [0.717, 1.165) is 103 Å². The molecule has 0 fully saturated rings. The summed E-state index contributed by atoms with van der Waals surface area (Å²) in [5.74, 6) is -16.8. The second-order valence-corrected chi connectivity index (χ2v) is 18.5. The van der Waals surface area contributed by atoms with Crippen LogP contribution >= 0.6 is 0 Å². The normalized spacial score (nSPS) is 17.1. The molecule has 0 saturated heterocycles. The Bertz CT molecular complexity index is 1290. The lowest BCUT2D eigenvalue weighted by Gasteiger charge is -2.48. The van der Waals surface area contributed by atoms with Crippen molar-refractivity contribution in [1.29, 1.82) is 0 Å². The van der Waals surface area contributed by atoms with Gasteiger partial charge in [-0.1, -0.05) is 168 Å². The third-order valence-corrected chi connectivity index (χ3v) is 13.1. The van der Waals surface area contributed by atoms with Crippen LogP contribution in [0.4, 0.5) is 0 Å². The van der Waals surface area contributed by atoms with Crippen molar-refractivity contribution in [3.05, 3.63) is 0 Å². The van der Waals surface area contributed by atoms with Crippen LogP contribution in [0.2, 0.25) is 0 Å². The number of rotatable bonds is 48. The highest BCUT2D eigenvalue weighted by molar-refractivity contribution is 6.21. The first-order valence-corrected chi connectivity index (χ1v) is 25.6. The van der Waals surface area contributed by atoms with Gasteiger partial charge in [0.2, 0.25) is 34.3 Å². The highest BCUT2D eigenvalue weighted by atomic mass is 16.6. The number of hydrogen-bond acceptors (Lipinski definition) is 19. The molecule has 0 aliphatic heterocycles. The van der Waals surface area contributed by atoms with Gasteiger partial charge >= 0.3 is 0 Å². The zero-order chi connectivity index (χ0) is 52.4. The summed E-state index contributed by atoms with van der Waals surface area (Å²) < 4.78 is 6.13. The highest BCUT2D eigenvalue weighted by Gasteiger charge is 2.68. The monoisotopic (exact) mass is 995 g/mol. The minimum absolute atomic E-state index is 0.139. The summed E-state index contributed by atoms with van der Waals surface area (Å²) in [5.41, 5.74) is -8.13. The Balaban J connectivity index is 7.95. The van der Waals surface area contributed by atoms with Crippen LogP contribution in [0, 0.1) is 11.8 Å². The largest absolute Gasteiger partial charge is 0.393 e. The summed E-state index contributed by atoms with van der Waals surface area (Å²) in [6.07, 6.45) is 1.67. The van der Waals surface area contributed by atoms with Crippen molar-refractivity contribution in [2.75, 3.05) is 39.6 Å². The summed E-state index contributed by atoms with van der Waals surface area (Å²) in [7, 11) is 0. The number of unbranched alkanes of at least 4 members (excludes halogenated alkanes) is 22. The van der Waals surface area contributed by atoms with Crippen molar-refractivity contribution in [2.45, 2.75) is 229 Å². The zero-order valence-corrected chi connectivity index (χ0v) is 41.5. The van der Waals surface area contributed by atoms with E-state index in [4.69, 9.17) is 4.74 Å². The van der Waals surface area contributed by atoms with Gasteiger partial charge in [-0.25, -0.2) is 0 Å². The first kappa shape index (κ1) is 66.5. The van der Waals surface area contributed by atoms with Gasteiger partial charge in [0.1, 0.15) is 36.6 Å². The number of Topliss-reactive ketones (excluding diaryl/α,β-unsaturated/α-hetero) is 6. The SMILES string of the molecule is CCCCCCCCCCCCCCC(C(=O)C(O)CO)C(OC(C(=O)C(O)CO)(C(=O)C(O)CO)C(CCCCCCCCCCCCCC)C(=O)C(O)CO)(C(=O)C(O)CO)C(=O)C(O)CO. The molecule has 19 heteroatoms. The average Bonchev–Trinajstić information content (AvgIpc) is 3.37. The molecule has 69 heavy (non-hydrogen) atoms. The van der Waals surface area contributed by atoms with Crippen molar-refractivity contribution in [2.24, 2.45) is 11.8 Å². The summed E-state index contributed by atoms with van der Waals surface area (Å²) in [6, 6.07) is 0. The summed E-state index contributed by atoms with van der Waals surface area (Å²) >= 11 is 0. The predicted octanol–water partition coefficient (Wildman–Crippen LogP) is 1.43. The predicted molar refractivity (Wildman–Crippen MR) is 254 cm³/mol. The van der Waals surface area contributed by atoms with E-state index in [1.807, 2.05) is 0 Å². The zero-order valence-electron chi connectivity index (χ0n) is 41.5. The summed E-state index contributed by atoms with van der Waals surface area (Å²) in [6.45, 7) is -4.81. The number of carbonyl (C=O) groups excluding carboxylic acids is 6. The summed E-state index contributed by atoms with van der Waals surface area (Å²) in [5, 5.41) is 127. The Morgan fingerprint density at radius 3 is 0.696 bits per heavy atom. The van der Waals surface area contributed by atoms with E-state index < -0.39 is 147 Å². The number of carbonyl (C=O) groups is 6. The third-order valence-electron chi connectivity index (χ3n) is 13.1. The molecule has 0 amide bonds. The Morgan fingerprint density at radius 2 is 0.507 bits per heavy atom. The fourth-order valence-corrected chi connectivity index (χ4v) is 8.96. The fraction of sp³-hybridized carbons (Fsp3) is 0.880. The van der Waals surface area contributed by atoms with Gasteiger partial charge < -0.3 is 66.0 Å². The molecule has 0 aliphatic carbocycles. The van der Waals surface area contributed by atoms with Gasteiger partial charge in [0.25, 0.3) is 0 Å². The lowest BCUT2D eigenvalue weighted by Crippen LogP contribution is -2.74. The Kier molecular flexibility index (Phi) is 36.8. The van der Waals surface area contributed by atoms with Gasteiger partial charge in [-0.2, -0.15) is 0 Å². The van der Waals surface area contributed by atoms with E-state index in [-0.39, 0.29) is 25.7 Å². The van der Waals surface area contributed by atoms with Crippen molar-refractivity contribution in [1.82, 2.24) is 0 Å². The van der Waals surface area contributed by atoms with Gasteiger partial charge in [0.05, 0.1) is 51.5 Å². The molecular formula is C50H90O19. The molecule has 0 aromatic heterocycles.